The number of anilines is 1. The number of hydrogen-bond donors (Lipinski definition) is 1. The van der Waals surface area contributed by atoms with E-state index in [4.69, 9.17) is 5.10 Å². The number of rotatable bonds is 2. The summed E-state index contributed by atoms with van der Waals surface area (Å²) in [5.74, 6) is 0. The Morgan fingerprint density at radius 3 is 2.24 bits per heavy atom. The molecule has 1 heterocycles. The Morgan fingerprint density at radius 1 is 0.840 bits per heavy atom. The van der Waals surface area contributed by atoms with Crippen molar-refractivity contribution in [3.63, 3.8) is 0 Å². The highest BCUT2D eigenvalue weighted by Gasteiger charge is 2.55. The second-order valence-corrected chi connectivity index (χ2v) is 6.70. The first-order chi connectivity index (χ1) is 12.3. The average Bonchev–Trinajstić information content (AvgIpc) is 3.11. The average molecular weight is 326 g/mol. The highest BCUT2D eigenvalue weighted by Crippen LogP contribution is 2.48. The highest BCUT2D eigenvalue weighted by atomic mass is 16.3. The number of aliphatic hydroxyl groups is 1. The molecular formula is C22H18N2O. The smallest absolute Gasteiger partial charge is 0.139 e. The molecule has 5 rings (SSSR count). The standard InChI is InChI=1S/C22H18N2O/c25-22-15-17-11-7-8-14-19(17)20(22)23-24(18-12-5-2-6-13-18)21(22)16-9-3-1-4-10-16/h1-14,21,25H,15H2. The summed E-state index contributed by atoms with van der Waals surface area (Å²) < 4.78 is 0. The van der Waals surface area contributed by atoms with Crippen molar-refractivity contribution < 1.29 is 5.11 Å². The lowest BCUT2D eigenvalue weighted by molar-refractivity contribution is 0.0956. The Morgan fingerprint density at radius 2 is 1.48 bits per heavy atom. The molecule has 0 radical (unpaired) electrons. The first-order valence-corrected chi connectivity index (χ1v) is 8.56. The SMILES string of the molecule is OC12Cc3ccccc3C1=NN(c1ccccc1)C2c1ccccc1. The summed E-state index contributed by atoms with van der Waals surface area (Å²) in [6, 6.07) is 28.2. The van der Waals surface area contributed by atoms with Crippen molar-refractivity contribution in [2.24, 2.45) is 5.10 Å². The third-order valence-corrected chi connectivity index (χ3v) is 5.18. The van der Waals surface area contributed by atoms with Crippen LogP contribution in [0.1, 0.15) is 22.7 Å². The van der Waals surface area contributed by atoms with Crippen LogP contribution in [0.2, 0.25) is 0 Å². The molecule has 1 aliphatic carbocycles. The highest BCUT2D eigenvalue weighted by molar-refractivity contribution is 6.13. The monoisotopic (exact) mass is 326 g/mol. The van der Waals surface area contributed by atoms with Crippen LogP contribution in [0.5, 0.6) is 0 Å². The lowest BCUT2D eigenvalue weighted by atomic mass is 9.85. The second-order valence-electron chi connectivity index (χ2n) is 6.70. The van der Waals surface area contributed by atoms with Crippen LogP contribution in [0.4, 0.5) is 5.69 Å². The minimum atomic E-state index is -1.01. The van der Waals surface area contributed by atoms with Gasteiger partial charge < -0.3 is 5.11 Å². The van der Waals surface area contributed by atoms with Crippen molar-refractivity contribution in [3.05, 3.63) is 102 Å². The number of benzene rings is 3. The van der Waals surface area contributed by atoms with E-state index in [2.05, 4.69) is 24.3 Å². The van der Waals surface area contributed by atoms with Crippen molar-refractivity contribution in [3.8, 4) is 0 Å². The molecule has 0 saturated heterocycles. The van der Waals surface area contributed by atoms with Gasteiger partial charge in [-0.15, -0.1) is 0 Å². The quantitative estimate of drug-likeness (QED) is 0.774. The Hall–Kier alpha value is -2.91. The van der Waals surface area contributed by atoms with Crippen LogP contribution in [0.15, 0.2) is 90.0 Å². The maximum Gasteiger partial charge on any atom is 0.139 e. The lowest BCUT2D eigenvalue weighted by Crippen LogP contribution is -2.43. The van der Waals surface area contributed by atoms with Crippen LogP contribution in [0.25, 0.3) is 0 Å². The van der Waals surface area contributed by atoms with Crippen LogP contribution < -0.4 is 5.01 Å². The second kappa shape index (κ2) is 5.30. The van der Waals surface area contributed by atoms with Crippen LogP contribution in [-0.4, -0.2) is 16.4 Å². The van der Waals surface area contributed by atoms with Gasteiger partial charge in [0.05, 0.1) is 5.69 Å². The zero-order valence-corrected chi connectivity index (χ0v) is 13.7. The molecule has 0 bridgehead atoms. The largest absolute Gasteiger partial charge is 0.380 e. The number of para-hydroxylation sites is 1. The fraction of sp³-hybridized carbons (Fsp3) is 0.136. The number of hydrogen-bond acceptors (Lipinski definition) is 3. The van der Waals surface area contributed by atoms with Gasteiger partial charge >= 0.3 is 0 Å². The minimum Gasteiger partial charge on any atom is -0.380 e. The van der Waals surface area contributed by atoms with Crippen molar-refractivity contribution >= 4 is 11.4 Å². The molecule has 2 unspecified atom stereocenters. The third kappa shape index (κ3) is 2.06. The van der Waals surface area contributed by atoms with Crippen LogP contribution in [-0.2, 0) is 6.42 Å². The Balaban J connectivity index is 1.71. The number of nitrogens with zero attached hydrogens (tertiary/aromatic N) is 2. The molecule has 25 heavy (non-hydrogen) atoms. The van der Waals surface area contributed by atoms with Crippen LogP contribution in [0, 0.1) is 0 Å². The summed E-state index contributed by atoms with van der Waals surface area (Å²) in [6.07, 6.45) is 0.588. The van der Waals surface area contributed by atoms with Crippen molar-refractivity contribution in [1.29, 1.82) is 0 Å². The minimum absolute atomic E-state index is 0.238. The normalized spacial score (nSPS) is 24.0. The molecule has 2 atom stereocenters. The van der Waals surface area contributed by atoms with Gasteiger partial charge in [-0.25, -0.2) is 0 Å². The molecule has 3 nitrogen and oxygen atoms in total. The molecule has 1 aliphatic heterocycles. The van der Waals surface area contributed by atoms with Gasteiger partial charge in [-0.3, -0.25) is 5.01 Å². The zero-order chi connectivity index (χ0) is 16.9. The Kier molecular flexibility index (Phi) is 3.06. The maximum absolute atomic E-state index is 11.7. The molecule has 0 fully saturated rings. The summed E-state index contributed by atoms with van der Waals surface area (Å²) in [5.41, 5.74) is 4.05. The van der Waals surface area contributed by atoms with Gasteiger partial charge in [0, 0.05) is 12.0 Å². The van der Waals surface area contributed by atoms with E-state index in [1.165, 1.54) is 0 Å². The molecule has 2 aliphatic rings. The third-order valence-electron chi connectivity index (χ3n) is 5.18. The molecule has 3 aromatic rings. The molecule has 1 N–H and O–H groups in total. The van der Waals surface area contributed by atoms with Crippen LogP contribution in [0.3, 0.4) is 0 Å². The molecule has 0 saturated carbocycles. The first kappa shape index (κ1) is 14.4. The predicted octanol–water partition coefficient (Wildman–Crippen LogP) is 3.94. The van der Waals surface area contributed by atoms with Gasteiger partial charge in [-0.05, 0) is 23.3 Å². The summed E-state index contributed by atoms with van der Waals surface area (Å²) >= 11 is 0. The van der Waals surface area contributed by atoms with E-state index in [1.807, 2.05) is 65.7 Å². The molecule has 0 spiro atoms. The summed E-state index contributed by atoms with van der Waals surface area (Å²) in [5, 5.41) is 18.6. The maximum atomic E-state index is 11.7. The van der Waals surface area contributed by atoms with Gasteiger partial charge in [-0.2, -0.15) is 5.10 Å². The van der Waals surface area contributed by atoms with Crippen molar-refractivity contribution in [2.45, 2.75) is 18.1 Å². The summed E-state index contributed by atoms with van der Waals surface area (Å²) in [6.45, 7) is 0. The van der Waals surface area contributed by atoms with Gasteiger partial charge in [0.15, 0.2) is 0 Å². The van der Waals surface area contributed by atoms with E-state index in [-0.39, 0.29) is 6.04 Å². The molecular weight excluding hydrogens is 308 g/mol. The Bertz CT molecular complexity index is 952. The van der Waals surface area contributed by atoms with E-state index in [0.717, 1.165) is 28.1 Å². The zero-order valence-electron chi connectivity index (χ0n) is 13.7. The fourth-order valence-corrected chi connectivity index (χ4v) is 4.09. The van der Waals surface area contributed by atoms with E-state index in [1.54, 1.807) is 0 Å². The van der Waals surface area contributed by atoms with Crippen LogP contribution >= 0.6 is 0 Å². The fourth-order valence-electron chi connectivity index (χ4n) is 4.09. The summed E-state index contributed by atoms with van der Waals surface area (Å²) in [7, 11) is 0. The number of hydrazone groups is 1. The van der Waals surface area contributed by atoms with Gasteiger partial charge in [0.1, 0.15) is 17.4 Å². The van der Waals surface area contributed by atoms with E-state index in [0.29, 0.717) is 6.42 Å². The predicted molar refractivity (Wildman–Crippen MR) is 99.7 cm³/mol. The van der Waals surface area contributed by atoms with Crippen molar-refractivity contribution in [2.75, 3.05) is 5.01 Å². The molecule has 0 amide bonds. The van der Waals surface area contributed by atoms with Crippen molar-refractivity contribution in [1.82, 2.24) is 0 Å². The van der Waals surface area contributed by atoms with E-state index in [9.17, 15) is 5.11 Å². The van der Waals surface area contributed by atoms with E-state index < -0.39 is 5.60 Å². The molecule has 122 valence electrons. The number of fused-ring (bicyclic) bond motifs is 3. The van der Waals surface area contributed by atoms with E-state index >= 15 is 0 Å². The molecule has 3 heteroatoms. The van der Waals surface area contributed by atoms with Gasteiger partial charge in [0.2, 0.25) is 0 Å². The first-order valence-electron chi connectivity index (χ1n) is 8.56. The Labute approximate surface area is 146 Å². The molecule has 0 aromatic heterocycles. The lowest BCUT2D eigenvalue weighted by Gasteiger charge is -2.33. The topological polar surface area (TPSA) is 35.8 Å². The molecule has 3 aromatic carbocycles. The summed E-state index contributed by atoms with van der Waals surface area (Å²) in [4.78, 5) is 0. The van der Waals surface area contributed by atoms with Gasteiger partial charge in [-0.1, -0.05) is 72.8 Å². The van der Waals surface area contributed by atoms with Gasteiger partial charge in [0.25, 0.3) is 0 Å².